The molecule has 0 radical (unpaired) electrons. The zero-order valence-electron chi connectivity index (χ0n) is 15.3. The van der Waals surface area contributed by atoms with Crippen LogP contribution in [0.1, 0.15) is 57.8 Å². The highest BCUT2D eigenvalue weighted by Crippen LogP contribution is 2.37. The highest BCUT2D eigenvalue weighted by atomic mass is 79.9. The molecule has 1 aromatic carbocycles. The Hall–Kier alpha value is -1.76. The molecule has 140 valence electrons. The number of halogens is 1. The van der Waals surface area contributed by atoms with Crippen LogP contribution in [0, 0.1) is 0 Å². The maximum atomic E-state index is 12.5. The van der Waals surface area contributed by atoms with E-state index in [1.54, 1.807) is 39.8 Å². The minimum atomic E-state index is -0.913. The maximum Gasteiger partial charge on any atom is 0.514 e. The summed E-state index contributed by atoms with van der Waals surface area (Å²) in [4.78, 5) is 24.5. The molecular weight excluding hydrogens is 392 g/mol. The first kappa shape index (κ1) is 21.3. The van der Waals surface area contributed by atoms with Crippen molar-refractivity contribution in [1.29, 1.82) is 0 Å². The first-order valence-electron chi connectivity index (χ1n) is 8.22. The number of rotatable bonds is 7. The van der Waals surface area contributed by atoms with E-state index in [0.29, 0.717) is 11.1 Å². The van der Waals surface area contributed by atoms with E-state index in [4.69, 9.17) is 18.9 Å². The molecule has 0 saturated carbocycles. The van der Waals surface area contributed by atoms with Gasteiger partial charge in [-0.2, -0.15) is 0 Å². The van der Waals surface area contributed by atoms with Crippen LogP contribution in [-0.4, -0.2) is 30.9 Å². The lowest BCUT2D eigenvalue weighted by Gasteiger charge is -2.20. The van der Waals surface area contributed by atoms with Gasteiger partial charge in [-0.3, -0.25) is 0 Å². The van der Waals surface area contributed by atoms with Crippen LogP contribution in [0.3, 0.4) is 0 Å². The van der Waals surface area contributed by atoms with Crippen molar-refractivity contribution in [1.82, 2.24) is 0 Å². The molecule has 6 nitrogen and oxygen atoms in total. The van der Waals surface area contributed by atoms with Crippen molar-refractivity contribution < 1.29 is 28.5 Å². The molecule has 0 aliphatic carbocycles. The number of ether oxygens (including phenoxy) is 4. The van der Waals surface area contributed by atoms with Gasteiger partial charge in [-0.05, 0) is 62.2 Å². The predicted octanol–water partition coefficient (Wildman–Crippen LogP) is 5.12. The summed E-state index contributed by atoms with van der Waals surface area (Å²) in [7, 11) is 0. The highest BCUT2D eigenvalue weighted by molar-refractivity contribution is 9.10. The summed E-state index contributed by atoms with van der Waals surface area (Å²) >= 11 is 3.29. The molecule has 0 bridgehead atoms. The van der Waals surface area contributed by atoms with E-state index in [1.807, 2.05) is 6.92 Å². The number of hydrogen-bond donors (Lipinski definition) is 0. The molecule has 0 N–H and O–H groups in total. The van der Waals surface area contributed by atoms with Crippen LogP contribution < -0.4 is 9.47 Å². The molecule has 0 heterocycles. The van der Waals surface area contributed by atoms with E-state index >= 15 is 0 Å². The number of esters is 1. The van der Waals surface area contributed by atoms with Crippen molar-refractivity contribution in [3.05, 3.63) is 22.2 Å². The lowest BCUT2D eigenvalue weighted by molar-refractivity contribution is 0.0200. The Morgan fingerprint density at radius 1 is 1.16 bits per heavy atom. The Balaban J connectivity index is 3.17. The zero-order chi connectivity index (χ0) is 19.0. The van der Waals surface area contributed by atoms with Crippen molar-refractivity contribution in [3.63, 3.8) is 0 Å². The van der Waals surface area contributed by atoms with Gasteiger partial charge in [0.2, 0.25) is 0 Å². The largest absolute Gasteiger partial charge is 0.514 e. The molecule has 0 saturated heterocycles. The molecule has 1 rings (SSSR count). The quantitative estimate of drug-likeness (QED) is 0.349. The van der Waals surface area contributed by atoms with Gasteiger partial charge in [0.1, 0.15) is 16.9 Å². The third-order valence-corrected chi connectivity index (χ3v) is 3.51. The monoisotopic (exact) mass is 416 g/mol. The second-order valence-electron chi connectivity index (χ2n) is 6.24. The summed E-state index contributed by atoms with van der Waals surface area (Å²) in [5.41, 5.74) is -0.665. The van der Waals surface area contributed by atoms with Crippen LogP contribution in [0.15, 0.2) is 16.6 Å². The summed E-state index contributed by atoms with van der Waals surface area (Å²) in [5.74, 6) is -0.316. The van der Waals surface area contributed by atoms with E-state index in [0.717, 1.165) is 12.8 Å². The average molecular weight is 417 g/mol. The lowest BCUT2D eigenvalue weighted by Crippen LogP contribution is -2.26. The first-order valence-corrected chi connectivity index (χ1v) is 9.02. The molecule has 0 aliphatic heterocycles. The van der Waals surface area contributed by atoms with Crippen molar-refractivity contribution in [2.45, 2.75) is 53.1 Å². The minimum Gasteiger partial charge on any atom is -0.493 e. The summed E-state index contributed by atoms with van der Waals surface area (Å²) in [5, 5.41) is 0. The smallest absolute Gasteiger partial charge is 0.493 e. The van der Waals surface area contributed by atoms with Gasteiger partial charge in [0.25, 0.3) is 0 Å². The van der Waals surface area contributed by atoms with Gasteiger partial charge in [0, 0.05) is 0 Å². The van der Waals surface area contributed by atoms with Gasteiger partial charge in [-0.25, -0.2) is 9.59 Å². The van der Waals surface area contributed by atoms with Gasteiger partial charge >= 0.3 is 12.1 Å². The van der Waals surface area contributed by atoms with Crippen LogP contribution >= 0.6 is 15.9 Å². The zero-order valence-corrected chi connectivity index (χ0v) is 16.9. The van der Waals surface area contributed by atoms with Crippen LogP contribution in [-0.2, 0) is 9.47 Å². The second-order valence-corrected chi connectivity index (χ2v) is 7.09. The van der Waals surface area contributed by atoms with Crippen LogP contribution in [0.25, 0.3) is 0 Å². The molecule has 0 fully saturated rings. The van der Waals surface area contributed by atoms with Gasteiger partial charge in [-0.1, -0.05) is 13.3 Å². The SMILES string of the molecule is CCCCOC(=O)c1c(OCC)ccc(Br)c1OC(=O)OC(C)(C)C. The molecule has 0 spiro atoms. The molecular formula is C18H25BrO6. The third kappa shape index (κ3) is 6.94. The molecule has 0 atom stereocenters. The summed E-state index contributed by atoms with van der Waals surface area (Å²) in [6, 6.07) is 3.25. The molecule has 7 heteroatoms. The van der Waals surface area contributed by atoms with Gasteiger partial charge in [0.05, 0.1) is 17.7 Å². The van der Waals surface area contributed by atoms with Gasteiger partial charge in [-0.15, -0.1) is 0 Å². The Kier molecular flexibility index (Phi) is 8.22. The molecule has 0 aromatic heterocycles. The fourth-order valence-corrected chi connectivity index (χ4v) is 2.25. The van der Waals surface area contributed by atoms with Gasteiger partial charge in [0.15, 0.2) is 5.75 Å². The second kappa shape index (κ2) is 9.65. The van der Waals surface area contributed by atoms with Crippen molar-refractivity contribution in [2.24, 2.45) is 0 Å². The number of carbonyl (C=O) groups excluding carboxylic acids is 2. The average Bonchev–Trinajstić information content (AvgIpc) is 2.49. The Bertz CT molecular complexity index is 606. The summed E-state index contributed by atoms with van der Waals surface area (Å²) in [6.07, 6.45) is 0.724. The van der Waals surface area contributed by atoms with Gasteiger partial charge < -0.3 is 18.9 Å². The number of benzene rings is 1. The number of hydrogen-bond acceptors (Lipinski definition) is 6. The van der Waals surface area contributed by atoms with E-state index in [2.05, 4.69) is 15.9 Å². The van der Waals surface area contributed by atoms with Crippen molar-refractivity contribution in [3.8, 4) is 11.5 Å². The van der Waals surface area contributed by atoms with Crippen molar-refractivity contribution in [2.75, 3.05) is 13.2 Å². The Morgan fingerprint density at radius 3 is 2.40 bits per heavy atom. The highest BCUT2D eigenvalue weighted by Gasteiger charge is 2.27. The predicted molar refractivity (Wildman–Crippen MR) is 97.4 cm³/mol. The minimum absolute atomic E-state index is 0.0155. The molecule has 1 aromatic rings. The van der Waals surface area contributed by atoms with Crippen LogP contribution in [0.4, 0.5) is 4.79 Å². The standard InChI is InChI=1S/C18H25BrO6/c1-6-8-11-23-16(20)14-13(22-7-2)10-9-12(19)15(14)24-17(21)25-18(3,4)5/h9-10H,6-8,11H2,1-5H3. The summed E-state index contributed by atoms with van der Waals surface area (Å²) in [6.45, 7) is 9.58. The topological polar surface area (TPSA) is 71.1 Å². The van der Waals surface area contributed by atoms with Crippen LogP contribution in [0.2, 0.25) is 0 Å². The third-order valence-electron chi connectivity index (χ3n) is 2.88. The molecule has 0 unspecified atom stereocenters. The Morgan fingerprint density at radius 2 is 1.84 bits per heavy atom. The Labute approximate surface area is 156 Å². The fraction of sp³-hybridized carbons (Fsp3) is 0.556. The first-order chi connectivity index (χ1) is 11.7. The molecule has 0 amide bonds. The maximum absolute atomic E-state index is 12.5. The molecule has 25 heavy (non-hydrogen) atoms. The number of unbranched alkanes of at least 4 members (excludes halogenated alkanes) is 1. The van der Waals surface area contributed by atoms with Crippen molar-refractivity contribution >= 4 is 28.1 Å². The molecule has 0 aliphatic rings. The van der Waals surface area contributed by atoms with E-state index in [-0.39, 0.29) is 23.7 Å². The number of carbonyl (C=O) groups is 2. The van der Waals surface area contributed by atoms with Crippen LogP contribution in [0.5, 0.6) is 11.5 Å². The lowest BCUT2D eigenvalue weighted by atomic mass is 10.1. The summed E-state index contributed by atoms with van der Waals surface area (Å²) < 4.78 is 21.6. The normalized spacial score (nSPS) is 11.0. The van der Waals surface area contributed by atoms with E-state index in [9.17, 15) is 9.59 Å². The fourth-order valence-electron chi connectivity index (χ4n) is 1.84. The van der Waals surface area contributed by atoms with E-state index < -0.39 is 17.7 Å². The van der Waals surface area contributed by atoms with E-state index in [1.165, 1.54) is 0 Å².